The van der Waals surface area contributed by atoms with Crippen LogP contribution in [0.5, 0.6) is 5.75 Å². The average Bonchev–Trinajstić information content (AvgIpc) is 2.36. The second-order valence-electron chi connectivity index (χ2n) is 4.60. The number of carbonyl (C=O) groups excluding carboxylic acids is 1. The Bertz CT molecular complexity index is 492. The number of ketones is 1. The van der Waals surface area contributed by atoms with Crippen LogP contribution in [-0.4, -0.2) is 43.6 Å². The van der Waals surface area contributed by atoms with E-state index in [1.54, 1.807) is 25.1 Å². The van der Waals surface area contributed by atoms with Gasteiger partial charge in [-0.1, -0.05) is 6.92 Å². The van der Waals surface area contributed by atoms with Crippen molar-refractivity contribution in [2.24, 2.45) is 0 Å². The van der Waals surface area contributed by atoms with Crippen LogP contribution in [0.1, 0.15) is 23.7 Å². The van der Waals surface area contributed by atoms with Crippen molar-refractivity contribution in [2.45, 2.75) is 19.5 Å². The number of halogens is 4. The van der Waals surface area contributed by atoms with Gasteiger partial charge in [-0.2, -0.15) is 13.2 Å². The summed E-state index contributed by atoms with van der Waals surface area (Å²) in [5, 5.41) is 0. The molecule has 0 aliphatic heterocycles. The maximum Gasteiger partial charge on any atom is 0.401 e. The molecule has 0 heterocycles. The summed E-state index contributed by atoms with van der Waals surface area (Å²) in [6.45, 7) is 0.663. The van der Waals surface area contributed by atoms with E-state index >= 15 is 0 Å². The highest BCUT2D eigenvalue weighted by Crippen LogP contribution is 2.26. The minimum Gasteiger partial charge on any atom is -0.496 e. The Balaban J connectivity index is 2.79. The molecule has 0 atom stereocenters. The fourth-order valence-corrected chi connectivity index (χ4v) is 2.46. The summed E-state index contributed by atoms with van der Waals surface area (Å²) in [6.07, 6.45) is -3.76. The van der Waals surface area contributed by atoms with Crippen LogP contribution in [0.2, 0.25) is 0 Å². The summed E-state index contributed by atoms with van der Waals surface area (Å²) >= 11 is 3.25. The lowest BCUT2D eigenvalue weighted by atomic mass is 10.1. The van der Waals surface area contributed by atoms with E-state index in [0.29, 0.717) is 22.2 Å². The van der Waals surface area contributed by atoms with Crippen LogP contribution < -0.4 is 4.74 Å². The Kier molecular flexibility index (Phi) is 6.67. The van der Waals surface area contributed by atoms with Crippen molar-refractivity contribution >= 4 is 21.7 Å². The van der Waals surface area contributed by atoms with Crippen molar-refractivity contribution in [1.29, 1.82) is 0 Å². The van der Waals surface area contributed by atoms with Crippen LogP contribution in [0.4, 0.5) is 13.2 Å². The largest absolute Gasteiger partial charge is 0.496 e. The van der Waals surface area contributed by atoms with Crippen LogP contribution in [-0.2, 0) is 0 Å². The van der Waals surface area contributed by atoms with E-state index in [4.69, 9.17) is 4.74 Å². The SMILES string of the molecule is CCCN(CC(=O)c1ccc(OC)c(Br)c1)CC(F)(F)F. The smallest absolute Gasteiger partial charge is 0.401 e. The Hall–Kier alpha value is -1.08. The number of rotatable bonds is 7. The number of benzene rings is 1. The molecule has 0 fully saturated rings. The molecule has 0 saturated carbocycles. The molecule has 1 aromatic rings. The van der Waals surface area contributed by atoms with E-state index in [9.17, 15) is 18.0 Å². The van der Waals surface area contributed by atoms with Crippen molar-refractivity contribution < 1.29 is 22.7 Å². The van der Waals surface area contributed by atoms with E-state index in [0.717, 1.165) is 4.90 Å². The van der Waals surface area contributed by atoms with Crippen molar-refractivity contribution in [3.05, 3.63) is 28.2 Å². The Morgan fingerprint density at radius 2 is 2.05 bits per heavy atom. The lowest BCUT2D eigenvalue weighted by molar-refractivity contribution is -0.144. The number of alkyl halides is 3. The highest BCUT2D eigenvalue weighted by atomic mass is 79.9. The number of nitrogens with zero attached hydrogens (tertiary/aromatic N) is 1. The second-order valence-corrected chi connectivity index (χ2v) is 5.45. The lowest BCUT2D eigenvalue weighted by Gasteiger charge is -2.22. The highest BCUT2D eigenvalue weighted by Gasteiger charge is 2.31. The van der Waals surface area contributed by atoms with E-state index in [1.807, 2.05) is 0 Å². The van der Waals surface area contributed by atoms with Crippen LogP contribution >= 0.6 is 15.9 Å². The molecule has 0 aliphatic rings. The van der Waals surface area contributed by atoms with Crippen molar-refractivity contribution in [1.82, 2.24) is 4.90 Å². The molecule has 0 amide bonds. The number of hydrogen-bond donors (Lipinski definition) is 0. The molecule has 0 spiro atoms. The standard InChI is InChI=1S/C14H17BrF3NO2/c1-3-6-19(9-14(16,17)18)8-12(20)10-4-5-13(21-2)11(15)7-10/h4-5,7H,3,6,8-9H2,1-2H3. The lowest BCUT2D eigenvalue weighted by Crippen LogP contribution is -2.38. The molecule has 0 saturated heterocycles. The third kappa shape index (κ3) is 6.05. The van der Waals surface area contributed by atoms with Gasteiger partial charge in [-0.25, -0.2) is 0 Å². The fraction of sp³-hybridized carbons (Fsp3) is 0.500. The van der Waals surface area contributed by atoms with Gasteiger partial charge >= 0.3 is 6.18 Å². The van der Waals surface area contributed by atoms with E-state index < -0.39 is 12.7 Å². The summed E-state index contributed by atoms with van der Waals surface area (Å²) in [7, 11) is 1.49. The second kappa shape index (κ2) is 7.79. The van der Waals surface area contributed by atoms with Crippen LogP contribution in [0.15, 0.2) is 22.7 Å². The van der Waals surface area contributed by atoms with Gasteiger partial charge in [-0.15, -0.1) is 0 Å². The van der Waals surface area contributed by atoms with Gasteiger partial charge in [0.2, 0.25) is 0 Å². The molecular formula is C14H17BrF3NO2. The predicted molar refractivity (Wildman–Crippen MR) is 77.8 cm³/mol. The monoisotopic (exact) mass is 367 g/mol. The maximum atomic E-state index is 12.5. The van der Waals surface area contributed by atoms with Gasteiger partial charge < -0.3 is 4.74 Å². The van der Waals surface area contributed by atoms with E-state index in [-0.39, 0.29) is 18.9 Å². The van der Waals surface area contributed by atoms with Gasteiger partial charge in [0.15, 0.2) is 5.78 Å². The topological polar surface area (TPSA) is 29.5 Å². The first kappa shape index (κ1) is 18.0. The summed E-state index contributed by atoms with van der Waals surface area (Å²) in [5.74, 6) is 0.211. The number of Topliss-reactive ketones (excluding diaryl/α,β-unsaturated/α-hetero) is 1. The number of carbonyl (C=O) groups is 1. The maximum absolute atomic E-state index is 12.5. The Morgan fingerprint density at radius 3 is 2.52 bits per heavy atom. The molecule has 0 radical (unpaired) electrons. The van der Waals surface area contributed by atoms with E-state index in [1.165, 1.54) is 7.11 Å². The summed E-state index contributed by atoms with van der Waals surface area (Å²) in [6, 6.07) is 4.70. The molecular weight excluding hydrogens is 351 g/mol. The van der Waals surface area contributed by atoms with Gasteiger partial charge in [-0.3, -0.25) is 9.69 Å². The number of hydrogen-bond acceptors (Lipinski definition) is 3. The summed E-state index contributed by atoms with van der Waals surface area (Å²) in [4.78, 5) is 13.2. The predicted octanol–water partition coefficient (Wildman–Crippen LogP) is 3.91. The average molecular weight is 368 g/mol. The Labute approximate surface area is 130 Å². The molecule has 21 heavy (non-hydrogen) atoms. The number of ether oxygens (including phenoxy) is 1. The summed E-state index contributed by atoms with van der Waals surface area (Å²) < 4.78 is 43.0. The fourth-order valence-electron chi connectivity index (χ4n) is 1.92. The van der Waals surface area contributed by atoms with Gasteiger partial charge in [0.1, 0.15) is 5.75 Å². The van der Waals surface area contributed by atoms with Gasteiger partial charge in [0.25, 0.3) is 0 Å². The molecule has 0 aliphatic carbocycles. The zero-order valence-corrected chi connectivity index (χ0v) is 13.4. The number of methoxy groups -OCH3 is 1. The minimum absolute atomic E-state index is 0.225. The zero-order valence-electron chi connectivity index (χ0n) is 11.8. The molecule has 0 N–H and O–H groups in total. The third-order valence-corrected chi connectivity index (χ3v) is 3.40. The van der Waals surface area contributed by atoms with Crippen molar-refractivity contribution in [3.8, 4) is 5.75 Å². The minimum atomic E-state index is -4.31. The van der Waals surface area contributed by atoms with Gasteiger partial charge in [-0.05, 0) is 47.1 Å². The van der Waals surface area contributed by atoms with Crippen LogP contribution in [0, 0.1) is 0 Å². The molecule has 0 bridgehead atoms. The van der Waals surface area contributed by atoms with Crippen molar-refractivity contribution in [2.75, 3.05) is 26.7 Å². The first-order valence-electron chi connectivity index (χ1n) is 6.42. The molecule has 118 valence electrons. The molecule has 0 aromatic heterocycles. The van der Waals surface area contributed by atoms with Gasteiger partial charge in [0, 0.05) is 5.56 Å². The zero-order chi connectivity index (χ0) is 16.0. The quantitative estimate of drug-likeness (QED) is 0.684. The molecule has 0 unspecified atom stereocenters. The van der Waals surface area contributed by atoms with Gasteiger partial charge in [0.05, 0.1) is 24.7 Å². The van der Waals surface area contributed by atoms with E-state index in [2.05, 4.69) is 15.9 Å². The molecule has 1 aromatic carbocycles. The third-order valence-electron chi connectivity index (χ3n) is 2.78. The first-order chi connectivity index (χ1) is 9.76. The van der Waals surface area contributed by atoms with Crippen LogP contribution in [0.25, 0.3) is 0 Å². The van der Waals surface area contributed by atoms with Crippen molar-refractivity contribution in [3.63, 3.8) is 0 Å². The first-order valence-corrected chi connectivity index (χ1v) is 7.22. The molecule has 1 rings (SSSR count). The normalized spacial score (nSPS) is 11.8. The molecule has 7 heteroatoms. The van der Waals surface area contributed by atoms with Crippen LogP contribution in [0.3, 0.4) is 0 Å². The highest BCUT2D eigenvalue weighted by molar-refractivity contribution is 9.10. The summed E-state index contributed by atoms with van der Waals surface area (Å²) in [5.41, 5.74) is 0.353. The Morgan fingerprint density at radius 1 is 1.38 bits per heavy atom. The molecule has 3 nitrogen and oxygen atoms in total.